The summed E-state index contributed by atoms with van der Waals surface area (Å²) in [5, 5.41) is 19.3. The van der Waals surface area contributed by atoms with Crippen molar-refractivity contribution in [1.29, 1.82) is 0 Å². The molecule has 1 aromatic heterocycles. The number of H-pyrrole nitrogens is 1. The molecule has 0 saturated heterocycles. The van der Waals surface area contributed by atoms with E-state index in [0.29, 0.717) is 11.5 Å². The molecule has 138 valence electrons. The van der Waals surface area contributed by atoms with E-state index in [9.17, 15) is 9.59 Å². The van der Waals surface area contributed by atoms with Gasteiger partial charge in [0.15, 0.2) is 0 Å². The quantitative estimate of drug-likeness (QED) is 0.666. The SMILES string of the molecule is Cc1[nH]nc(C(C)C)c1C(=O)NC1CC(N(CC(=O)O)CC2CC2)C1. The van der Waals surface area contributed by atoms with E-state index >= 15 is 0 Å². The Morgan fingerprint density at radius 1 is 1.36 bits per heavy atom. The third-order valence-corrected chi connectivity index (χ3v) is 5.24. The van der Waals surface area contributed by atoms with Crippen molar-refractivity contribution >= 4 is 11.9 Å². The van der Waals surface area contributed by atoms with Crippen LogP contribution in [0.3, 0.4) is 0 Å². The zero-order chi connectivity index (χ0) is 18.1. The lowest BCUT2D eigenvalue weighted by Gasteiger charge is -2.42. The van der Waals surface area contributed by atoms with Crippen LogP contribution in [0.2, 0.25) is 0 Å². The fourth-order valence-corrected chi connectivity index (χ4v) is 3.56. The van der Waals surface area contributed by atoms with Crippen molar-refractivity contribution in [3.05, 3.63) is 17.0 Å². The number of aromatic amines is 1. The van der Waals surface area contributed by atoms with E-state index in [1.165, 1.54) is 12.8 Å². The molecule has 0 atom stereocenters. The van der Waals surface area contributed by atoms with Crippen molar-refractivity contribution in [2.75, 3.05) is 13.1 Å². The third-order valence-electron chi connectivity index (χ3n) is 5.24. The lowest BCUT2D eigenvalue weighted by molar-refractivity contribution is -0.139. The van der Waals surface area contributed by atoms with Gasteiger partial charge in [-0.2, -0.15) is 5.10 Å². The summed E-state index contributed by atoms with van der Waals surface area (Å²) in [5.74, 6) is -0.00581. The minimum atomic E-state index is -0.774. The van der Waals surface area contributed by atoms with Crippen molar-refractivity contribution in [3.63, 3.8) is 0 Å². The number of aromatic nitrogens is 2. The third kappa shape index (κ3) is 4.21. The molecule has 2 fully saturated rings. The molecule has 25 heavy (non-hydrogen) atoms. The van der Waals surface area contributed by atoms with Gasteiger partial charge in [-0.3, -0.25) is 19.6 Å². The predicted octanol–water partition coefficient (Wildman–Crippen LogP) is 1.90. The second-order valence-electron chi connectivity index (χ2n) is 7.83. The highest BCUT2D eigenvalue weighted by Crippen LogP contribution is 2.34. The summed E-state index contributed by atoms with van der Waals surface area (Å²) in [6.07, 6.45) is 4.06. The number of hydrogen-bond donors (Lipinski definition) is 3. The molecule has 0 radical (unpaired) electrons. The highest BCUT2D eigenvalue weighted by Gasteiger charge is 2.38. The van der Waals surface area contributed by atoms with Crippen LogP contribution in [0.4, 0.5) is 0 Å². The Kier molecular flexibility index (Phi) is 5.13. The van der Waals surface area contributed by atoms with Crippen LogP contribution in [0.25, 0.3) is 0 Å². The highest BCUT2D eigenvalue weighted by molar-refractivity contribution is 5.96. The molecular formula is C18H28N4O3. The van der Waals surface area contributed by atoms with Crippen LogP contribution in [0, 0.1) is 12.8 Å². The molecule has 2 aliphatic rings. The van der Waals surface area contributed by atoms with Crippen molar-refractivity contribution in [2.45, 2.75) is 64.5 Å². The van der Waals surface area contributed by atoms with E-state index < -0.39 is 5.97 Å². The van der Waals surface area contributed by atoms with Gasteiger partial charge in [0.2, 0.25) is 0 Å². The summed E-state index contributed by atoms with van der Waals surface area (Å²) < 4.78 is 0. The second-order valence-corrected chi connectivity index (χ2v) is 7.83. The zero-order valence-corrected chi connectivity index (χ0v) is 15.2. The summed E-state index contributed by atoms with van der Waals surface area (Å²) in [4.78, 5) is 25.8. The minimum absolute atomic E-state index is 0.0784. The summed E-state index contributed by atoms with van der Waals surface area (Å²) in [7, 11) is 0. The maximum atomic E-state index is 12.6. The summed E-state index contributed by atoms with van der Waals surface area (Å²) >= 11 is 0. The van der Waals surface area contributed by atoms with Crippen LogP contribution in [-0.4, -0.2) is 57.3 Å². The molecule has 3 N–H and O–H groups in total. The van der Waals surface area contributed by atoms with Gasteiger partial charge in [-0.05, 0) is 44.4 Å². The van der Waals surface area contributed by atoms with Crippen LogP contribution < -0.4 is 5.32 Å². The van der Waals surface area contributed by atoms with E-state index in [4.69, 9.17) is 5.11 Å². The fourth-order valence-electron chi connectivity index (χ4n) is 3.56. The van der Waals surface area contributed by atoms with Gasteiger partial charge < -0.3 is 10.4 Å². The molecule has 0 spiro atoms. The number of carboxylic acids is 1. The number of nitrogens with zero attached hydrogens (tertiary/aromatic N) is 2. The molecule has 0 aromatic carbocycles. The molecule has 7 heteroatoms. The van der Waals surface area contributed by atoms with Crippen LogP contribution in [0.15, 0.2) is 0 Å². The van der Waals surface area contributed by atoms with Gasteiger partial charge in [0.1, 0.15) is 0 Å². The first-order valence-electron chi connectivity index (χ1n) is 9.16. The summed E-state index contributed by atoms with van der Waals surface area (Å²) in [6, 6.07) is 0.374. The largest absolute Gasteiger partial charge is 0.480 e. The van der Waals surface area contributed by atoms with E-state index in [-0.39, 0.29) is 30.5 Å². The maximum absolute atomic E-state index is 12.6. The highest BCUT2D eigenvalue weighted by atomic mass is 16.4. The summed E-state index contributed by atoms with van der Waals surface area (Å²) in [6.45, 7) is 6.87. The second kappa shape index (κ2) is 7.15. The van der Waals surface area contributed by atoms with Gasteiger partial charge in [0, 0.05) is 24.3 Å². The number of nitrogens with one attached hydrogen (secondary N) is 2. The van der Waals surface area contributed by atoms with E-state index in [0.717, 1.165) is 30.8 Å². The number of carbonyl (C=O) groups excluding carboxylic acids is 1. The number of aliphatic carboxylic acids is 1. The Balaban J connectivity index is 1.55. The van der Waals surface area contributed by atoms with E-state index in [1.807, 2.05) is 20.8 Å². The Bertz CT molecular complexity index is 645. The molecule has 0 bridgehead atoms. The molecule has 1 amide bonds. The molecule has 0 aliphatic heterocycles. The Morgan fingerprint density at radius 3 is 2.60 bits per heavy atom. The normalized spacial score (nSPS) is 22.9. The topological polar surface area (TPSA) is 98.3 Å². The van der Waals surface area contributed by atoms with Crippen molar-refractivity contribution in [3.8, 4) is 0 Å². The molecule has 2 saturated carbocycles. The molecule has 7 nitrogen and oxygen atoms in total. The van der Waals surface area contributed by atoms with Gasteiger partial charge in [0.25, 0.3) is 5.91 Å². The first-order chi connectivity index (χ1) is 11.8. The van der Waals surface area contributed by atoms with Crippen LogP contribution in [0.1, 0.15) is 67.2 Å². The Hall–Kier alpha value is -1.89. The number of hydrogen-bond acceptors (Lipinski definition) is 4. The zero-order valence-electron chi connectivity index (χ0n) is 15.2. The fraction of sp³-hybridized carbons (Fsp3) is 0.722. The lowest BCUT2D eigenvalue weighted by Crippen LogP contribution is -2.55. The van der Waals surface area contributed by atoms with Crippen molar-refractivity contribution in [1.82, 2.24) is 20.4 Å². The van der Waals surface area contributed by atoms with Gasteiger partial charge in [0.05, 0.1) is 17.8 Å². The smallest absolute Gasteiger partial charge is 0.317 e. The standard InChI is InChI=1S/C18H28N4O3/c1-10(2)17-16(11(3)20-21-17)18(25)19-13-6-14(7-13)22(9-15(23)24)8-12-4-5-12/h10,12-14H,4-9H2,1-3H3,(H,19,25)(H,20,21)(H,23,24). The molecule has 2 aliphatic carbocycles. The van der Waals surface area contributed by atoms with Gasteiger partial charge in [-0.1, -0.05) is 13.8 Å². The Morgan fingerprint density at radius 2 is 2.04 bits per heavy atom. The maximum Gasteiger partial charge on any atom is 0.317 e. The van der Waals surface area contributed by atoms with Gasteiger partial charge >= 0.3 is 5.97 Å². The van der Waals surface area contributed by atoms with Crippen LogP contribution >= 0.6 is 0 Å². The molecule has 0 unspecified atom stereocenters. The minimum Gasteiger partial charge on any atom is -0.480 e. The average Bonchev–Trinajstić information content (AvgIpc) is 3.20. The Labute approximate surface area is 148 Å². The molecule has 1 aromatic rings. The number of carbonyl (C=O) groups is 2. The van der Waals surface area contributed by atoms with Gasteiger partial charge in [-0.25, -0.2) is 0 Å². The number of carboxylic acid groups (broad SMARTS) is 1. The van der Waals surface area contributed by atoms with E-state index in [2.05, 4.69) is 20.4 Å². The van der Waals surface area contributed by atoms with E-state index in [1.54, 1.807) is 0 Å². The average molecular weight is 348 g/mol. The first kappa shape index (κ1) is 17.9. The summed E-state index contributed by atoms with van der Waals surface area (Å²) in [5.41, 5.74) is 2.24. The molecule has 3 rings (SSSR count). The van der Waals surface area contributed by atoms with Crippen LogP contribution in [-0.2, 0) is 4.79 Å². The predicted molar refractivity (Wildman–Crippen MR) is 93.6 cm³/mol. The van der Waals surface area contributed by atoms with Crippen molar-refractivity contribution < 1.29 is 14.7 Å². The molecular weight excluding hydrogens is 320 g/mol. The molecule has 1 heterocycles. The van der Waals surface area contributed by atoms with Gasteiger partial charge in [-0.15, -0.1) is 0 Å². The number of amides is 1. The monoisotopic (exact) mass is 348 g/mol. The lowest BCUT2D eigenvalue weighted by atomic mass is 9.85. The van der Waals surface area contributed by atoms with Crippen LogP contribution in [0.5, 0.6) is 0 Å². The van der Waals surface area contributed by atoms with Crippen molar-refractivity contribution in [2.24, 2.45) is 5.92 Å². The first-order valence-corrected chi connectivity index (χ1v) is 9.16. The number of aryl methyl sites for hydroxylation is 1. The number of rotatable bonds is 8.